The third kappa shape index (κ3) is 3.65. The number of ether oxygens (including phenoxy) is 1. The molecule has 0 saturated heterocycles. The van der Waals surface area contributed by atoms with E-state index in [-0.39, 0.29) is 25.4 Å². The van der Waals surface area contributed by atoms with Gasteiger partial charge in [0.25, 0.3) is 0 Å². The molecule has 0 fully saturated rings. The molecule has 0 spiro atoms. The number of Topliss-reactive ketones (excluding diaryl/α,β-unsaturated/α-hetero) is 1. The number of carbonyl (C=O) groups excluding carboxylic acids is 2. The zero-order valence-corrected chi connectivity index (χ0v) is 10.1. The SMILES string of the molecule is CCOC(=O)CC(=O)Cn1cc(C)c([N+](=O)[O-])n1. The van der Waals surface area contributed by atoms with Gasteiger partial charge >= 0.3 is 11.8 Å². The molecule has 18 heavy (non-hydrogen) atoms. The lowest BCUT2D eigenvalue weighted by molar-refractivity contribution is -0.390. The van der Waals surface area contributed by atoms with Crippen LogP contribution in [0.3, 0.4) is 0 Å². The first-order valence-corrected chi connectivity index (χ1v) is 5.29. The van der Waals surface area contributed by atoms with Crippen LogP contribution in [0.2, 0.25) is 0 Å². The third-order valence-corrected chi connectivity index (χ3v) is 2.08. The summed E-state index contributed by atoms with van der Waals surface area (Å²) < 4.78 is 5.77. The minimum Gasteiger partial charge on any atom is -0.466 e. The third-order valence-electron chi connectivity index (χ3n) is 2.08. The highest BCUT2D eigenvalue weighted by Gasteiger charge is 2.19. The Morgan fingerprint density at radius 2 is 2.22 bits per heavy atom. The fraction of sp³-hybridized carbons (Fsp3) is 0.500. The minimum atomic E-state index is -0.623. The average Bonchev–Trinajstić information content (AvgIpc) is 2.59. The monoisotopic (exact) mass is 255 g/mol. The summed E-state index contributed by atoms with van der Waals surface area (Å²) in [6.07, 6.45) is 1.03. The van der Waals surface area contributed by atoms with Crippen molar-refractivity contribution < 1.29 is 19.2 Å². The molecule has 0 atom stereocenters. The first kappa shape index (κ1) is 13.8. The summed E-state index contributed by atoms with van der Waals surface area (Å²) in [6, 6.07) is 0. The van der Waals surface area contributed by atoms with Crippen LogP contribution in [0, 0.1) is 17.0 Å². The second kappa shape index (κ2) is 5.89. The van der Waals surface area contributed by atoms with Gasteiger partial charge in [-0.3, -0.25) is 9.59 Å². The number of aryl methyl sites for hydroxylation is 1. The number of ketones is 1. The molecule has 8 heteroatoms. The van der Waals surface area contributed by atoms with E-state index in [2.05, 4.69) is 9.84 Å². The Labute approximate surface area is 103 Å². The van der Waals surface area contributed by atoms with Crippen LogP contribution < -0.4 is 0 Å². The van der Waals surface area contributed by atoms with Crippen LogP contribution >= 0.6 is 0 Å². The van der Waals surface area contributed by atoms with E-state index in [9.17, 15) is 19.7 Å². The second-order valence-electron chi connectivity index (χ2n) is 3.61. The Hall–Kier alpha value is -2.25. The molecule has 1 aromatic rings. The van der Waals surface area contributed by atoms with Crippen molar-refractivity contribution >= 4 is 17.6 Å². The minimum absolute atomic E-state index is 0.187. The first-order chi connectivity index (χ1) is 8.43. The van der Waals surface area contributed by atoms with Crippen LogP contribution in [-0.2, 0) is 20.9 Å². The van der Waals surface area contributed by atoms with Gasteiger partial charge in [0.2, 0.25) is 0 Å². The lowest BCUT2D eigenvalue weighted by Crippen LogP contribution is -2.16. The molecule has 0 bridgehead atoms. The van der Waals surface area contributed by atoms with Crippen LogP contribution in [0.4, 0.5) is 5.82 Å². The highest BCUT2D eigenvalue weighted by Crippen LogP contribution is 2.13. The molecule has 1 heterocycles. The number of hydrogen-bond acceptors (Lipinski definition) is 6. The van der Waals surface area contributed by atoms with Crippen molar-refractivity contribution in [1.82, 2.24) is 9.78 Å². The van der Waals surface area contributed by atoms with Gasteiger partial charge in [0.15, 0.2) is 5.78 Å². The van der Waals surface area contributed by atoms with E-state index in [1.165, 1.54) is 13.1 Å². The van der Waals surface area contributed by atoms with Crippen molar-refractivity contribution in [2.45, 2.75) is 26.8 Å². The smallest absolute Gasteiger partial charge is 0.392 e. The molecule has 1 rings (SSSR count). The van der Waals surface area contributed by atoms with Gasteiger partial charge in [-0.05, 0) is 18.8 Å². The van der Waals surface area contributed by atoms with E-state index < -0.39 is 16.7 Å². The van der Waals surface area contributed by atoms with Gasteiger partial charge in [0, 0.05) is 0 Å². The fourth-order valence-corrected chi connectivity index (χ4v) is 1.38. The maximum Gasteiger partial charge on any atom is 0.392 e. The van der Waals surface area contributed by atoms with E-state index in [0.29, 0.717) is 5.56 Å². The summed E-state index contributed by atoms with van der Waals surface area (Å²) in [4.78, 5) is 32.4. The number of carbonyl (C=O) groups is 2. The van der Waals surface area contributed by atoms with Crippen molar-refractivity contribution in [3.63, 3.8) is 0 Å². The van der Waals surface area contributed by atoms with E-state index in [1.54, 1.807) is 6.92 Å². The van der Waals surface area contributed by atoms with Crippen LogP contribution in [0.15, 0.2) is 6.20 Å². The first-order valence-electron chi connectivity index (χ1n) is 5.29. The number of aromatic nitrogens is 2. The van der Waals surface area contributed by atoms with E-state index in [4.69, 9.17) is 0 Å². The highest BCUT2D eigenvalue weighted by molar-refractivity contribution is 5.95. The largest absolute Gasteiger partial charge is 0.466 e. The molecule has 0 aromatic carbocycles. The topological polar surface area (TPSA) is 104 Å². The van der Waals surface area contributed by atoms with Gasteiger partial charge in [-0.2, -0.15) is 4.68 Å². The summed E-state index contributed by atoms with van der Waals surface area (Å²) in [5.41, 5.74) is 0.365. The average molecular weight is 255 g/mol. The van der Waals surface area contributed by atoms with Gasteiger partial charge in [-0.1, -0.05) is 0 Å². The van der Waals surface area contributed by atoms with E-state index >= 15 is 0 Å². The van der Waals surface area contributed by atoms with Crippen molar-refractivity contribution in [2.75, 3.05) is 6.61 Å². The Kier molecular flexibility index (Phi) is 4.52. The Morgan fingerprint density at radius 1 is 1.56 bits per heavy atom. The summed E-state index contributed by atoms with van der Waals surface area (Å²) in [5, 5.41) is 14.2. The molecule has 0 unspecified atom stereocenters. The molecule has 0 radical (unpaired) electrons. The fourth-order valence-electron chi connectivity index (χ4n) is 1.38. The van der Waals surface area contributed by atoms with Gasteiger partial charge < -0.3 is 14.9 Å². The second-order valence-corrected chi connectivity index (χ2v) is 3.61. The zero-order chi connectivity index (χ0) is 13.7. The number of nitro groups is 1. The number of hydrogen-bond donors (Lipinski definition) is 0. The number of rotatable bonds is 6. The molecular weight excluding hydrogens is 242 g/mol. The van der Waals surface area contributed by atoms with Gasteiger partial charge in [-0.15, -0.1) is 0 Å². The number of esters is 1. The van der Waals surface area contributed by atoms with Crippen LogP contribution in [-0.4, -0.2) is 33.1 Å². The Balaban J connectivity index is 2.62. The van der Waals surface area contributed by atoms with Gasteiger partial charge in [-0.25, -0.2) is 0 Å². The van der Waals surface area contributed by atoms with E-state index in [1.807, 2.05) is 0 Å². The standard InChI is InChI=1S/C10H13N3O5/c1-3-18-9(15)4-8(14)6-12-5-7(2)10(11-12)13(16)17/h5H,3-4,6H2,1-2H3. The molecule has 0 saturated carbocycles. The van der Waals surface area contributed by atoms with Crippen LogP contribution in [0.1, 0.15) is 18.9 Å². The van der Waals surface area contributed by atoms with Crippen LogP contribution in [0.25, 0.3) is 0 Å². The number of nitrogens with zero attached hydrogens (tertiary/aromatic N) is 3. The summed E-state index contributed by atoms with van der Waals surface area (Å²) in [5.74, 6) is -1.31. The molecule has 0 N–H and O–H groups in total. The normalized spacial score (nSPS) is 10.1. The molecule has 98 valence electrons. The highest BCUT2D eigenvalue weighted by atomic mass is 16.6. The predicted molar refractivity (Wildman–Crippen MR) is 59.9 cm³/mol. The molecular formula is C10H13N3O5. The van der Waals surface area contributed by atoms with Crippen molar-refractivity contribution in [3.8, 4) is 0 Å². The summed E-state index contributed by atoms with van der Waals surface area (Å²) in [7, 11) is 0. The maximum absolute atomic E-state index is 11.5. The maximum atomic E-state index is 11.5. The zero-order valence-electron chi connectivity index (χ0n) is 10.1. The summed E-state index contributed by atoms with van der Waals surface area (Å²) in [6.45, 7) is 3.19. The lowest BCUT2D eigenvalue weighted by atomic mass is 10.3. The quantitative estimate of drug-likeness (QED) is 0.319. The molecule has 1 aromatic heterocycles. The van der Waals surface area contributed by atoms with Gasteiger partial charge in [0.05, 0.1) is 23.5 Å². The molecule has 8 nitrogen and oxygen atoms in total. The van der Waals surface area contributed by atoms with Crippen molar-refractivity contribution in [3.05, 3.63) is 21.9 Å². The molecule has 0 aliphatic rings. The summed E-state index contributed by atoms with van der Waals surface area (Å²) >= 11 is 0. The predicted octanol–water partition coefficient (Wildman–Crippen LogP) is 0.622. The van der Waals surface area contributed by atoms with Gasteiger partial charge in [0.1, 0.15) is 13.0 Å². The molecule has 0 aliphatic heterocycles. The van der Waals surface area contributed by atoms with E-state index in [0.717, 1.165) is 4.68 Å². The Bertz CT molecular complexity index is 480. The Morgan fingerprint density at radius 3 is 2.72 bits per heavy atom. The molecule has 0 amide bonds. The van der Waals surface area contributed by atoms with Crippen LogP contribution in [0.5, 0.6) is 0 Å². The van der Waals surface area contributed by atoms with Crippen molar-refractivity contribution in [2.24, 2.45) is 0 Å². The van der Waals surface area contributed by atoms with Crippen molar-refractivity contribution in [1.29, 1.82) is 0 Å². The molecule has 0 aliphatic carbocycles. The lowest BCUT2D eigenvalue weighted by Gasteiger charge is -1.99.